The summed E-state index contributed by atoms with van der Waals surface area (Å²) in [7, 11) is -3.93. The zero-order valence-corrected chi connectivity index (χ0v) is 19.7. The number of aliphatic hydroxyl groups is 1. The van der Waals surface area contributed by atoms with Gasteiger partial charge in [0.2, 0.25) is 10.0 Å². The van der Waals surface area contributed by atoms with E-state index in [9.17, 15) is 17.9 Å². The molecular formula is C23H24FN3O4S2. The van der Waals surface area contributed by atoms with Gasteiger partial charge >= 0.3 is 0 Å². The van der Waals surface area contributed by atoms with Gasteiger partial charge in [-0.1, -0.05) is 42.5 Å². The molecule has 0 radical (unpaired) electrons. The number of thiazole rings is 1. The van der Waals surface area contributed by atoms with Crippen LogP contribution in [0.4, 0.5) is 4.39 Å². The minimum atomic E-state index is -3.93. The van der Waals surface area contributed by atoms with Gasteiger partial charge in [-0.3, -0.25) is 0 Å². The van der Waals surface area contributed by atoms with Crippen molar-refractivity contribution in [2.75, 3.05) is 6.61 Å². The molecule has 4 rings (SSSR count). The molecule has 0 spiro atoms. The molecule has 0 amide bonds. The summed E-state index contributed by atoms with van der Waals surface area (Å²) >= 11 is 1.48. The van der Waals surface area contributed by atoms with Crippen molar-refractivity contribution in [3.8, 4) is 11.3 Å². The number of aliphatic imine (C=N–C) groups is 1. The molecule has 2 unspecified atom stereocenters. The molecule has 2 heterocycles. The number of halogens is 1. The molecule has 1 aliphatic heterocycles. The van der Waals surface area contributed by atoms with E-state index in [2.05, 4.69) is 14.7 Å². The number of hydrogen-bond acceptors (Lipinski definition) is 7. The Morgan fingerprint density at radius 1 is 1.24 bits per heavy atom. The van der Waals surface area contributed by atoms with Crippen molar-refractivity contribution < 1.29 is 22.7 Å². The average Bonchev–Trinajstić information content (AvgIpc) is 3.27. The second-order valence-electron chi connectivity index (χ2n) is 8.21. The van der Waals surface area contributed by atoms with Crippen LogP contribution in [0.25, 0.3) is 11.3 Å². The van der Waals surface area contributed by atoms with E-state index in [1.165, 1.54) is 17.4 Å². The fourth-order valence-corrected chi connectivity index (χ4v) is 6.32. The average molecular weight is 490 g/mol. The third kappa shape index (κ3) is 4.92. The number of sulfonamides is 1. The van der Waals surface area contributed by atoms with Crippen LogP contribution in [0.5, 0.6) is 0 Å². The summed E-state index contributed by atoms with van der Waals surface area (Å²) in [6.45, 7) is 3.09. The van der Waals surface area contributed by atoms with E-state index in [1.54, 1.807) is 49.7 Å². The summed E-state index contributed by atoms with van der Waals surface area (Å²) < 4.78 is 49.2. The maximum Gasteiger partial charge on any atom is 0.299 e. The molecular weight excluding hydrogens is 465 g/mol. The van der Waals surface area contributed by atoms with Crippen LogP contribution < -0.4 is 4.72 Å². The lowest BCUT2D eigenvalue weighted by Gasteiger charge is -2.39. The van der Waals surface area contributed by atoms with Gasteiger partial charge in [0, 0.05) is 23.1 Å². The highest BCUT2D eigenvalue weighted by atomic mass is 32.2. The van der Waals surface area contributed by atoms with Gasteiger partial charge in [0.1, 0.15) is 16.7 Å². The monoisotopic (exact) mass is 489 g/mol. The normalized spacial score (nSPS) is 21.2. The van der Waals surface area contributed by atoms with Crippen LogP contribution in [-0.4, -0.2) is 36.7 Å². The summed E-state index contributed by atoms with van der Waals surface area (Å²) in [6.07, 6.45) is 0.109. The van der Waals surface area contributed by atoms with Gasteiger partial charge in [-0.05, 0) is 31.9 Å². The van der Waals surface area contributed by atoms with Crippen LogP contribution in [0.1, 0.15) is 42.7 Å². The first-order chi connectivity index (χ1) is 15.7. The van der Waals surface area contributed by atoms with Crippen LogP contribution in [0, 0.1) is 5.82 Å². The molecule has 2 N–H and O–H groups in total. The Morgan fingerprint density at radius 2 is 1.97 bits per heavy atom. The van der Waals surface area contributed by atoms with Crippen molar-refractivity contribution in [1.82, 2.24) is 9.71 Å². The smallest absolute Gasteiger partial charge is 0.299 e. The highest BCUT2D eigenvalue weighted by molar-refractivity contribution is 7.90. The molecule has 3 aromatic rings. The van der Waals surface area contributed by atoms with E-state index in [4.69, 9.17) is 4.74 Å². The van der Waals surface area contributed by atoms with E-state index in [-0.39, 0.29) is 24.6 Å². The van der Waals surface area contributed by atoms with Crippen molar-refractivity contribution in [3.05, 3.63) is 76.4 Å². The molecule has 0 aliphatic carbocycles. The Bertz CT molecular complexity index is 1240. The lowest BCUT2D eigenvalue weighted by atomic mass is 9.96. The first-order valence-electron chi connectivity index (χ1n) is 10.3. The second-order valence-corrected chi connectivity index (χ2v) is 10.7. The minimum Gasteiger partial charge on any atom is -0.457 e. The van der Waals surface area contributed by atoms with E-state index >= 15 is 0 Å². The lowest BCUT2D eigenvalue weighted by Crippen LogP contribution is -2.53. The van der Waals surface area contributed by atoms with Crippen LogP contribution in [0.3, 0.4) is 0 Å². The van der Waals surface area contributed by atoms with Crippen molar-refractivity contribution in [2.24, 2.45) is 4.99 Å². The van der Waals surface area contributed by atoms with E-state index < -0.39 is 32.7 Å². The molecule has 1 aromatic heterocycles. The summed E-state index contributed by atoms with van der Waals surface area (Å²) in [6, 6.07) is 12.2. The van der Waals surface area contributed by atoms with Crippen LogP contribution >= 0.6 is 11.3 Å². The van der Waals surface area contributed by atoms with Gasteiger partial charge in [-0.15, -0.1) is 11.3 Å². The fraction of sp³-hybridized carbons (Fsp3) is 0.304. The molecule has 33 heavy (non-hydrogen) atoms. The number of benzene rings is 2. The molecule has 0 saturated carbocycles. The molecule has 10 heteroatoms. The van der Waals surface area contributed by atoms with E-state index in [0.29, 0.717) is 5.56 Å². The summed E-state index contributed by atoms with van der Waals surface area (Å²) in [4.78, 5) is 8.59. The number of hydrogen-bond donors (Lipinski definition) is 2. The topological polar surface area (TPSA) is 101 Å². The number of rotatable bonds is 6. The molecule has 1 fully saturated rings. The van der Waals surface area contributed by atoms with E-state index in [0.717, 1.165) is 11.3 Å². The number of nitrogens with one attached hydrogen (secondary N) is 1. The van der Waals surface area contributed by atoms with Gasteiger partial charge < -0.3 is 9.84 Å². The first-order valence-corrected chi connectivity index (χ1v) is 12.8. The number of nitrogens with zero attached hydrogens (tertiary/aromatic N) is 2. The SMILES string of the molecule is CC1(C)OC(=NC(CCO)c2ccccc2F)NS(=O)(=O)C1c1ccc(-c2cscn2)cc1. The predicted octanol–water partition coefficient (Wildman–Crippen LogP) is 4.20. The summed E-state index contributed by atoms with van der Waals surface area (Å²) in [5.41, 5.74) is 3.10. The zero-order valence-electron chi connectivity index (χ0n) is 18.1. The van der Waals surface area contributed by atoms with Crippen LogP contribution in [0.15, 0.2) is 64.4 Å². The third-order valence-corrected chi connectivity index (χ3v) is 7.92. The van der Waals surface area contributed by atoms with Gasteiger partial charge in [0.05, 0.1) is 17.2 Å². The Kier molecular flexibility index (Phi) is 6.51. The third-order valence-electron chi connectivity index (χ3n) is 5.41. The number of amidine groups is 1. The molecule has 0 bridgehead atoms. The fourth-order valence-electron chi connectivity index (χ4n) is 3.99. The Morgan fingerprint density at radius 3 is 2.58 bits per heavy atom. The maximum absolute atomic E-state index is 14.3. The summed E-state index contributed by atoms with van der Waals surface area (Å²) in [5, 5.41) is 10.3. The molecule has 2 aromatic carbocycles. The van der Waals surface area contributed by atoms with Gasteiger partial charge in [-0.25, -0.2) is 27.5 Å². The Labute approximate surface area is 196 Å². The Hall–Kier alpha value is -2.82. The standard InChI is InChI=1S/C23H24FN3O4S2/c1-23(2)21(16-9-7-15(8-10-16)20-13-32-14-25-20)33(29,30)27-22(31-23)26-19(11-12-28)17-5-3-4-6-18(17)24/h3-10,13-14,19,21,28H,11-12H2,1-2H3,(H,26,27). The zero-order chi connectivity index (χ0) is 23.6. The van der Waals surface area contributed by atoms with Crippen LogP contribution in [-0.2, 0) is 14.8 Å². The van der Waals surface area contributed by atoms with Gasteiger partial charge in [-0.2, -0.15) is 0 Å². The molecule has 1 saturated heterocycles. The largest absolute Gasteiger partial charge is 0.457 e. The van der Waals surface area contributed by atoms with Crippen molar-refractivity contribution >= 4 is 27.4 Å². The molecule has 174 valence electrons. The predicted molar refractivity (Wildman–Crippen MR) is 126 cm³/mol. The number of aromatic nitrogens is 1. The highest BCUT2D eigenvalue weighted by Crippen LogP contribution is 2.39. The molecule has 1 aliphatic rings. The second kappa shape index (κ2) is 9.20. The quantitative estimate of drug-likeness (QED) is 0.541. The van der Waals surface area contributed by atoms with Gasteiger partial charge in [0.25, 0.3) is 6.02 Å². The van der Waals surface area contributed by atoms with Crippen molar-refractivity contribution in [2.45, 2.75) is 37.2 Å². The Balaban J connectivity index is 1.64. The number of ether oxygens (including phenoxy) is 1. The lowest BCUT2D eigenvalue weighted by molar-refractivity contribution is 0.0758. The first kappa shape index (κ1) is 23.3. The highest BCUT2D eigenvalue weighted by Gasteiger charge is 2.48. The molecule has 2 atom stereocenters. The van der Waals surface area contributed by atoms with E-state index in [1.807, 2.05) is 17.5 Å². The molecule has 7 nitrogen and oxygen atoms in total. The van der Waals surface area contributed by atoms with Crippen molar-refractivity contribution in [3.63, 3.8) is 0 Å². The maximum atomic E-state index is 14.3. The van der Waals surface area contributed by atoms with Crippen molar-refractivity contribution in [1.29, 1.82) is 0 Å². The van der Waals surface area contributed by atoms with Crippen LogP contribution in [0.2, 0.25) is 0 Å². The summed E-state index contributed by atoms with van der Waals surface area (Å²) in [5.74, 6) is -0.490. The minimum absolute atomic E-state index is 0.109. The van der Waals surface area contributed by atoms with Gasteiger partial charge in [0.15, 0.2) is 0 Å². The number of aliphatic hydroxyl groups excluding tert-OH is 1.